The van der Waals surface area contributed by atoms with E-state index < -0.39 is 7.14 Å². The summed E-state index contributed by atoms with van der Waals surface area (Å²) in [5.74, 6) is 0. The maximum absolute atomic E-state index is 14.7. The Hall–Kier alpha value is -2.67. The number of halogens is 1. The van der Waals surface area contributed by atoms with Gasteiger partial charge < -0.3 is 4.57 Å². The Morgan fingerprint density at radius 3 is 1.37 bits per heavy atom. The predicted octanol–water partition coefficient (Wildman–Crippen LogP) is 6.96. The van der Waals surface area contributed by atoms with Gasteiger partial charge in [-0.1, -0.05) is 121 Å². The van der Waals surface area contributed by atoms with Crippen molar-refractivity contribution in [2.45, 2.75) is 0 Å². The second kappa shape index (κ2) is 9.43. The molecule has 0 radical (unpaired) electrons. The van der Waals surface area contributed by atoms with Gasteiger partial charge in [-0.3, -0.25) is 0 Å². The van der Waals surface area contributed by atoms with Crippen molar-refractivity contribution >= 4 is 43.7 Å². The molecule has 0 unspecified atom stereocenters. The molecule has 4 aromatic carbocycles. The van der Waals surface area contributed by atoms with E-state index in [1.807, 2.05) is 97.1 Å². The molecular formula is C27H22BrOP. The quantitative estimate of drug-likeness (QED) is 0.219. The standard InChI is InChI=1S/C27H22BrOP/c28-27(23-15-7-2-8-16-23)26(22-13-5-1-6-14-22)21-30(29,24-17-9-3-10-18-24)25-19-11-4-12-20-25/h1-20H,21H2/b27-26+. The zero-order chi connectivity index (χ0) is 20.8. The second-order valence-electron chi connectivity index (χ2n) is 7.09. The zero-order valence-corrected chi connectivity index (χ0v) is 19.0. The fraction of sp³-hybridized carbons (Fsp3) is 0.0370. The van der Waals surface area contributed by atoms with Crippen LogP contribution in [0.15, 0.2) is 121 Å². The molecule has 0 N–H and O–H groups in total. The smallest absolute Gasteiger partial charge is 0.147 e. The van der Waals surface area contributed by atoms with Gasteiger partial charge in [-0.05, 0) is 32.6 Å². The van der Waals surface area contributed by atoms with E-state index in [9.17, 15) is 4.57 Å². The summed E-state index contributed by atoms with van der Waals surface area (Å²) in [7, 11) is -2.91. The Morgan fingerprint density at radius 2 is 0.933 bits per heavy atom. The van der Waals surface area contributed by atoms with Gasteiger partial charge in [-0.25, -0.2) is 0 Å². The molecule has 0 spiro atoms. The van der Waals surface area contributed by atoms with Gasteiger partial charge in [-0.15, -0.1) is 0 Å². The summed E-state index contributed by atoms with van der Waals surface area (Å²) in [6, 6.07) is 40.1. The summed E-state index contributed by atoms with van der Waals surface area (Å²) >= 11 is 3.85. The number of benzene rings is 4. The first-order valence-electron chi connectivity index (χ1n) is 9.88. The van der Waals surface area contributed by atoms with Crippen LogP contribution in [0.3, 0.4) is 0 Å². The lowest BCUT2D eigenvalue weighted by Crippen LogP contribution is -2.19. The van der Waals surface area contributed by atoms with Crippen LogP contribution in [0.2, 0.25) is 0 Å². The van der Waals surface area contributed by atoms with E-state index in [1.165, 1.54) is 0 Å². The van der Waals surface area contributed by atoms with E-state index in [0.29, 0.717) is 6.16 Å². The molecule has 0 fully saturated rings. The topological polar surface area (TPSA) is 17.1 Å². The molecule has 0 saturated heterocycles. The Morgan fingerprint density at radius 1 is 0.567 bits per heavy atom. The lowest BCUT2D eigenvalue weighted by atomic mass is 10.0. The normalized spacial score (nSPS) is 12.3. The van der Waals surface area contributed by atoms with Crippen LogP contribution in [0.4, 0.5) is 0 Å². The fourth-order valence-corrected chi connectivity index (χ4v) is 7.18. The molecule has 0 aromatic heterocycles. The van der Waals surface area contributed by atoms with Crippen LogP contribution in [-0.2, 0) is 4.57 Å². The van der Waals surface area contributed by atoms with Crippen LogP contribution in [-0.4, -0.2) is 6.16 Å². The van der Waals surface area contributed by atoms with Crippen LogP contribution in [0.25, 0.3) is 10.1 Å². The number of hydrogen-bond acceptors (Lipinski definition) is 1. The Kier molecular flexibility index (Phi) is 6.47. The Labute approximate surface area is 186 Å². The number of allylic oxidation sites excluding steroid dienone is 1. The minimum Gasteiger partial charge on any atom is -0.313 e. The molecule has 0 heterocycles. The average molecular weight is 473 g/mol. The maximum atomic E-state index is 14.7. The van der Waals surface area contributed by atoms with Gasteiger partial charge in [0.05, 0.1) is 0 Å². The minimum atomic E-state index is -2.91. The Balaban J connectivity index is 1.92. The molecule has 4 aromatic rings. The van der Waals surface area contributed by atoms with Crippen LogP contribution < -0.4 is 10.6 Å². The van der Waals surface area contributed by atoms with Crippen molar-refractivity contribution in [1.82, 2.24) is 0 Å². The summed E-state index contributed by atoms with van der Waals surface area (Å²) in [6.45, 7) is 0. The highest BCUT2D eigenvalue weighted by atomic mass is 79.9. The van der Waals surface area contributed by atoms with Crippen LogP contribution in [0.5, 0.6) is 0 Å². The minimum absolute atomic E-state index is 0.431. The molecular weight excluding hydrogens is 451 g/mol. The molecule has 1 nitrogen and oxygen atoms in total. The molecule has 148 valence electrons. The molecule has 3 heteroatoms. The van der Waals surface area contributed by atoms with Gasteiger partial charge in [0, 0.05) is 21.3 Å². The second-order valence-corrected chi connectivity index (χ2v) is 10.7. The maximum Gasteiger partial charge on any atom is 0.147 e. The summed E-state index contributed by atoms with van der Waals surface area (Å²) < 4.78 is 15.7. The third-order valence-electron chi connectivity index (χ3n) is 5.14. The molecule has 0 aliphatic heterocycles. The third kappa shape index (κ3) is 4.41. The molecule has 0 aliphatic rings. The molecule has 0 aliphatic carbocycles. The van der Waals surface area contributed by atoms with Gasteiger partial charge in [0.1, 0.15) is 7.14 Å². The SMILES string of the molecule is O=P(C/C(=C(\Br)c1ccccc1)c1ccccc1)(c1ccccc1)c1ccccc1. The van der Waals surface area contributed by atoms with Gasteiger partial charge in [0.2, 0.25) is 0 Å². The van der Waals surface area contributed by atoms with Crippen molar-refractivity contribution in [3.63, 3.8) is 0 Å². The molecule has 0 bridgehead atoms. The highest BCUT2D eigenvalue weighted by Gasteiger charge is 2.30. The van der Waals surface area contributed by atoms with Crippen molar-refractivity contribution < 1.29 is 4.57 Å². The van der Waals surface area contributed by atoms with Crippen molar-refractivity contribution in [3.8, 4) is 0 Å². The van der Waals surface area contributed by atoms with Crippen LogP contribution >= 0.6 is 23.1 Å². The van der Waals surface area contributed by atoms with Crippen LogP contribution in [0.1, 0.15) is 11.1 Å². The van der Waals surface area contributed by atoms with Crippen LogP contribution in [0, 0.1) is 0 Å². The highest BCUT2D eigenvalue weighted by molar-refractivity contribution is 9.15. The highest BCUT2D eigenvalue weighted by Crippen LogP contribution is 2.49. The summed E-state index contributed by atoms with van der Waals surface area (Å²) in [4.78, 5) is 0. The largest absolute Gasteiger partial charge is 0.313 e. The van der Waals surface area contributed by atoms with E-state index >= 15 is 0 Å². The van der Waals surface area contributed by atoms with E-state index in [2.05, 4.69) is 40.2 Å². The molecule has 0 saturated carbocycles. The molecule has 30 heavy (non-hydrogen) atoms. The van der Waals surface area contributed by atoms with E-state index in [4.69, 9.17) is 0 Å². The van der Waals surface area contributed by atoms with E-state index in [1.54, 1.807) is 0 Å². The first kappa shape index (κ1) is 20.6. The van der Waals surface area contributed by atoms with Crippen molar-refractivity contribution in [1.29, 1.82) is 0 Å². The molecule has 0 atom stereocenters. The van der Waals surface area contributed by atoms with Crippen molar-refractivity contribution in [2.75, 3.05) is 6.16 Å². The zero-order valence-electron chi connectivity index (χ0n) is 16.5. The summed E-state index contributed by atoms with van der Waals surface area (Å²) in [5.41, 5.74) is 3.18. The van der Waals surface area contributed by atoms with Gasteiger partial charge in [0.25, 0.3) is 0 Å². The van der Waals surface area contributed by atoms with Gasteiger partial charge in [0.15, 0.2) is 0 Å². The first-order valence-corrected chi connectivity index (χ1v) is 12.6. The monoisotopic (exact) mass is 472 g/mol. The molecule has 0 amide bonds. The van der Waals surface area contributed by atoms with Crippen molar-refractivity contribution in [2.24, 2.45) is 0 Å². The number of rotatable bonds is 6. The Bertz CT molecular complexity index is 1130. The lowest BCUT2D eigenvalue weighted by molar-refractivity contribution is 0.589. The summed E-state index contributed by atoms with van der Waals surface area (Å²) in [6.07, 6.45) is 0.431. The first-order chi connectivity index (χ1) is 14.7. The fourth-order valence-electron chi connectivity index (χ4n) is 3.58. The van der Waals surface area contributed by atoms with Crippen molar-refractivity contribution in [3.05, 3.63) is 132 Å². The van der Waals surface area contributed by atoms with E-state index in [0.717, 1.165) is 31.8 Å². The summed E-state index contributed by atoms with van der Waals surface area (Å²) in [5, 5.41) is 1.75. The predicted molar refractivity (Wildman–Crippen MR) is 133 cm³/mol. The number of hydrogen-bond donors (Lipinski definition) is 0. The van der Waals surface area contributed by atoms with Gasteiger partial charge >= 0.3 is 0 Å². The molecule has 4 rings (SSSR count). The average Bonchev–Trinajstić information content (AvgIpc) is 2.84. The van der Waals surface area contributed by atoms with E-state index in [-0.39, 0.29) is 0 Å². The third-order valence-corrected chi connectivity index (χ3v) is 9.10. The lowest BCUT2D eigenvalue weighted by Gasteiger charge is -2.22. The van der Waals surface area contributed by atoms with Gasteiger partial charge in [-0.2, -0.15) is 0 Å².